The van der Waals surface area contributed by atoms with Gasteiger partial charge in [0.2, 0.25) is 5.91 Å². The lowest BCUT2D eigenvalue weighted by Crippen LogP contribution is -2.34. The molecule has 1 N–H and O–H groups in total. The summed E-state index contributed by atoms with van der Waals surface area (Å²) in [6, 6.07) is 10.6. The Balaban J connectivity index is 1.77. The van der Waals surface area contributed by atoms with Gasteiger partial charge in [-0.05, 0) is 23.6 Å². The Morgan fingerprint density at radius 2 is 1.96 bits per heavy atom. The number of fused-ring (bicyclic) bond motifs is 1. The van der Waals surface area contributed by atoms with Crippen LogP contribution in [0.15, 0.2) is 64.0 Å². The predicted molar refractivity (Wildman–Crippen MR) is 103 cm³/mol. The van der Waals surface area contributed by atoms with Gasteiger partial charge >= 0.3 is 0 Å². The molecule has 0 atom stereocenters. The third kappa shape index (κ3) is 3.83. The van der Waals surface area contributed by atoms with Gasteiger partial charge in [-0.15, -0.1) is 17.9 Å². The van der Waals surface area contributed by atoms with E-state index in [9.17, 15) is 14.4 Å². The first-order chi connectivity index (χ1) is 12.6. The monoisotopic (exact) mass is 369 g/mol. The summed E-state index contributed by atoms with van der Waals surface area (Å²) >= 11 is 1.58. The van der Waals surface area contributed by atoms with Crippen molar-refractivity contribution in [3.8, 4) is 0 Å². The van der Waals surface area contributed by atoms with Gasteiger partial charge in [0.05, 0.1) is 23.9 Å². The molecule has 0 aliphatic rings. The number of carbonyl (C=O) groups is 1. The number of H-pyrrole nitrogens is 1. The van der Waals surface area contributed by atoms with Crippen molar-refractivity contribution in [3.63, 3.8) is 0 Å². The summed E-state index contributed by atoms with van der Waals surface area (Å²) in [5, 5.41) is 5.22. The van der Waals surface area contributed by atoms with Crippen LogP contribution < -0.4 is 11.1 Å². The van der Waals surface area contributed by atoms with E-state index >= 15 is 0 Å². The third-order valence-electron chi connectivity index (χ3n) is 4.06. The molecule has 0 unspecified atom stereocenters. The maximum absolute atomic E-state index is 12.6. The molecule has 0 saturated carbocycles. The standard InChI is InChI=1S/C19H19N3O3S/c1-2-10-21(13-14-6-5-12-26-14)17(23)9-11-22-19(25)16-8-4-3-7-15(16)18(24)20-22/h2-8,12H,1,9-11,13H2,(H,20,24). The lowest BCUT2D eigenvalue weighted by Gasteiger charge is -2.20. The number of aryl methyl sites for hydroxylation is 1. The quantitative estimate of drug-likeness (QED) is 0.650. The highest BCUT2D eigenvalue weighted by atomic mass is 32.1. The normalized spacial score (nSPS) is 10.8. The number of benzene rings is 1. The van der Waals surface area contributed by atoms with E-state index in [-0.39, 0.29) is 30.0 Å². The minimum absolute atomic E-state index is 0.0980. The van der Waals surface area contributed by atoms with E-state index in [1.165, 1.54) is 4.68 Å². The van der Waals surface area contributed by atoms with Crippen molar-refractivity contribution < 1.29 is 4.79 Å². The second-order valence-electron chi connectivity index (χ2n) is 5.84. The van der Waals surface area contributed by atoms with Gasteiger partial charge in [-0.25, -0.2) is 4.68 Å². The molecule has 0 fully saturated rings. The minimum Gasteiger partial charge on any atom is -0.334 e. The van der Waals surface area contributed by atoms with Gasteiger partial charge < -0.3 is 4.90 Å². The molecule has 2 aromatic heterocycles. The first kappa shape index (κ1) is 17.9. The fraction of sp³-hybridized carbons (Fsp3) is 0.211. The number of amides is 1. The smallest absolute Gasteiger partial charge is 0.273 e. The van der Waals surface area contributed by atoms with Crippen molar-refractivity contribution in [2.45, 2.75) is 19.5 Å². The maximum Gasteiger partial charge on any atom is 0.273 e. The average molecular weight is 369 g/mol. The summed E-state index contributed by atoms with van der Waals surface area (Å²) in [6.45, 7) is 4.75. The zero-order valence-corrected chi connectivity index (χ0v) is 15.0. The molecular weight excluding hydrogens is 350 g/mol. The Morgan fingerprint density at radius 1 is 1.19 bits per heavy atom. The van der Waals surface area contributed by atoms with E-state index in [0.717, 1.165) is 4.88 Å². The first-order valence-electron chi connectivity index (χ1n) is 8.23. The van der Waals surface area contributed by atoms with Crippen molar-refractivity contribution in [3.05, 3.63) is 80.0 Å². The molecule has 6 nitrogen and oxygen atoms in total. The van der Waals surface area contributed by atoms with E-state index in [2.05, 4.69) is 11.7 Å². The SMILES string of the molecule is C=CCN(Cc1cccs1)C(=O)CCn1[nH]c(=O)c2ccccc2c1=O. The van der Waals surface area contributed by atoms with Gasteiger partial charge in [0.25, 0.3) is 11.1 Å². The summed E-state index contributed by atoms with van der Waals surface area (Å²) in [5.41, 5.74) is -0.643. The van der Waals surface area contributed by atoms with E-state index in [1.807, 2.05) is 17.5 Å². The van der Waals surface area contributed by atoms with Gasteiger partial charge in [-0.2, -0.15) is 0 Å². The van der Waals surface area contributed by atoms with Crippen LogP contribution in [0.4, 0.5) is 0 Å². The highest BCUT2D eigenvalue weighted by molar-refractivity contribution is 7.09. The number of nitrogens with one attached hydrogen (secondary N) is 1. The Hall–Kier alpha value is -2.93. The summed E-state index contributed by atoms with van der Waals surface area (Å²) in [6.07, 6.45) is 1.79. The van der Waals surface area contributed by atoms with Crippen molar-refractivity contribution in [1.82, 2.24) is 14.7 Å². The largest absolute Gasteiger partial charge is 0.334 e. The summed E-state index contributed by atoms with van der Waals surface area (Å²) in [4.78, 5) is 40.0. The molecular formula is C19H19N3O3S. The summed E-state index contributed by atoms with van der Waals surface area (Å²) in [5.74, 6) is -0.0980. The van der Waals surface area contributed by atoms with Crippen LogP contribution in [0.2, 0.25) is 0 Å². The van der Waals surface area contributed by atoms with Crippen molar-refractivity contribution in [2.75, 3.05) is 6.54 Å². The Labute approximate surface area is 154 Å². The minimum atomic E-state index is -0.339. The van der Waals surface area contributed by atoms with E-state index in [0.29, 0.717) is 23.9 Å². The molecule has 0 aliphatic carbocycles. The van der Waals surface area contributed by atoms with Crippen LogP contribution in [-0.2, 0) is 17.9 Å². The van der Waals surface area contributed by atoms with Crippen LogP contribution in [0.5, 0.6) is 0 Å². The van der Waals surface area contributed by atoms with Gasteiger partial charge in [0, 0.05) is 17.8 Å². The van der Waals surface area contributed by atoms with Crippen LogP contribution in [0.1, 0.15) is 11.3 Å². The van der Waals surface area contributed by atoms with Gasteiger partial charge in [0.1, 0.15) is 0 Å². The van der Waals surface area contributed by atoms with E-state index in [4.69, 9.17) is 0 Å². The second kappa shape index (κ2) is 7.97. The Morgan fingerprint density at radius 3 is 2.65 bits per heavy atom. The highest BCUT2D eigenvalue weighted by Crippen LogP contribution is 2.13. The Bertz CT molecular complexity index is 1030. The van der Waals surface area contributed by atoms with Gasteiger partial charge in [-0.1, -0.05) is 24.3 Å². The van der Waals surface area contributed by atoms with Gasteiger partial charge in [0.15, 0.2) is 0 Å². The van der Waals surface area contributed by atoms with Crippen molar-refractivity contribution >= 4 is 28.0 Å². The molecule has 1 aromatic carbocycles. The molecule has 0 radical (unpaired) electrons. The fourth-order valence-corrected chi connectivity index (χ4v) is 3.49. The molecule has 0 aliphatic heterocycles. The predicted octanol–water partition coefficient (Wildman–Crippen LogP) is 2.36. The second-order valence-corrected chi connectivity index (χ2v) is 6.87. The molecule has 0 saturated heterocycles. The molecule has 7 heteroatoms. The van der Waals surface area contributed by atoms with E-state index in [1.54, 1.807) is 46.6 Å². The van der Waals surface area contributed by atoms with Crippen LogP contribution >= 0.6 is 11.3 Å². The molecule has 1 amide bonds. The lowest BCUT2D eigenvalue weighted by atomic mass is 10.2. The van der Waals surface area contributed by atoms with Crippen molar-refractivity contribution in [1.29, 1.82) is 0 Å². The van der Waals surface area contributed by atoms with Crippen LogP contribution in [-0.4, -0.2) is 27.1 Å². The number of nitrogens with zero attached hydrogens (tertiary/aromatic N) is 2. The molecule has 0 spiro atoms. The fourth-order valence-electron chi connectivity index (χ4n) is 2.77. The molecule has 26 heavy (non-hydrogen) atoms. The number of carbonyl (C=O) groups excluding carboxylic acids is 1. The molecule has 2 heterocycles. The molecule has 0 bridgehead atoms. The molecule has 3 rings (SSSR count). The zero-order chi connectivity index (χ0) is 18.5. The topological polar surface area (TPSA) is 75.2 Å². The number of hydrogen-bond acceptors (Lipinski definition) is 4. The van der Waals surface area contributed by atoms with E-state index < -0.39 is 0 Å². The van der Waals surface area contributed by atoms with Crippen LogP contribution in [0.25, 0.3) is 10.8 Å². The Kier molecular flexibility index (Phi) is 5.48. The van der Waals surface area contributed by atoms with Crippen LogP contribution in [0.3, 0.4) is 0 Å². The summed E-state index contributed by atoms with van der Waals surface area (Å²) < 4.78 is 1.21. The molecule has 3 aromatic rings. The number of hydrogen-bond donors (Lipinski definition) is 1. The lowest BCUT2D eigenvalue weighted by molar-refractivity contribution is -0.131. The summed E-state index contributed by atoms with van der Waals surface area (Å²) in [7, 11) is 0. The average Bonchev–Trinajstić information content (AvgIpc) is 3.16. The number of thiophene rings is 1. The number of rotatable bonds is 7. The molecule has 134 valence electrons. The van der Waals surface area contributed by atoms with Crippen molar-refractivity contribution in [2.24, 2.45) is 0 Å². The maximum atomic E-state index is 12.6. The first-order valence-corrected chi connectivity index (χ1v) is 9.11. The highest BCUT2D eigenvalue weighted by Gasteiger charge is 2.14. The zero-order valence-electron chi connectivity index (χ0n) is 14.2. The third-order valence-corrected chi connectivity index (χ3v) is 4.92. The number of aromatic nitrogens is 2. The van der Waals surface area contributed by atoms with Gasteiger partial charge in [-0.3, -0.25) is 19.5 Å². The number of aromatic amines is 1. The van der Waals surface area contributed by atoms with Crippen LogP contribution in [0, 0.1) is 0 Å².